The van der Waals surface area contributed by atoms with E-state index in [4.69, 9.17) is 4.74 Å². The van der Waals surface area contributed by atoms with Crippen LogP contribution in [0.3, 0.4) is 0 Å². The minimum Gasteiger partial charge on any atom is -0.386 e. The number of amides is 2. The van der Waals surface area contributed by atoms with Gasteiger partial charge in [0, 0.05) is 31.7 Å². The molecule has 132 valence electrons. The second kappa shape index (κ2) is 7.81. The van der Waals surface area contributed by atoms with E-state index in [0.717, 1.165) is 6.04 Å². The minimum absolute atomic E-state index is 0.180. The molecule has 3 N–H and O–H groups in total. The molecule has 2 amide bonds. The van der Waals surface area contributed by atoms with E-state index in [1.54, 1.807) is 0 Å². The molecule has 0 bridgehead atoms. The number of carbonyl (C=O) groups excluding carboxylic acids is 1. The van der Waals surface area contributed by atoms with E-state index in [1.165, 1.54) is 51.5 Å². The third kappa shape index (κ3) is 4.58. The van der Waals surface area contributed by atoms with Crippen LogP contribution < -0.4 is 10.6 Å². The molecule has 23 heavy (non-hydrogen) atoms. The van der Waals surface area contributed by atoms with Crippen LogP contribution in [0.2, 0.25) is 0 Å². The molecular formula is C17H31N3O3. The molecule has 2 saturated heterocycles. The zero-order chi connectivity index (χ0) is 16.1. The molecule has 3 aliphatic rings. The minimum atomic E-state index is -0.890. The van der Waals surface area contributed by atoms with Crippen molar-refractivity contribution >= 4 is 6.03 Å². The number of rotatable bonds is 5. The van der Waals surface area contributed by atoms with Crippen molar-refractivity contribution in [3.05, 3.63) is 0 Å². The third-order valence-corrected chi connectivity index (χ3v) is 5.63. The van der Waals surface area contributed by atoms with Crippen molar-refractivity contribution in [2.75, 3.05) is 32.8 Å². The second-order valence-electron chi connectivity index (χ2n) is 7.42. The van der Waals surface area contributed by atoms with Crippen molar-refractivity contribution in [1.29, 1.82) is 0 Å². The average Bonchev–Trinajstić information content (AvgIpc) is 3.21. The Kier molecular flexibility index (Phi) is 5.77. The lowest BCUT2D eigenvalue weighted by molar-refractivity contribution is 0.0291. The number of hydrogen-bond donors (Lipinski definition) is 3. The van der Waals surface area contributed by atoms with E-state index in [0.29, 0.717) is 32.2 Å². The van der Waals surface area contributed by atoms with Gasteiger partial charge in [0.1, 0.15) is 5.60 Å². The van der Waals surface area contributed by atoms with Gasteiger partial charge in [-0.2, -0.15) is 0 Å². The number of aliphatic hydroxyl groups is 1. The molecule has 6 heteroatoms. The van der Waals surface area contributed by atoms with Crippen molar-refractivity contribution in [2.24, 2.45) is 0 Å². The van der Waals surface area contributed by atoms with Crippen LogP contribution in [0.1, 0.15) is 51.4 Å². The Balaban J connectivity index is 1.39. The Morgan fingerprint density at radius 1 is 1.17 bits per heavy atom. The van der Waals surface area contributed by atoms with Crippen LogP contribution in [-0.4, -0.2) is 66.6 Å². The zero-order valence-electron chi connectivity index (χ0n) is 14.1. The van der Waals surface area contributed by atoms with Crippen molar-refractivity contribution in [1.82, 2.24) is 15.5 Å². The molecule has 0 spiro atoms. The SMILES string of the molecule is O=C(NCC1CCCN1C1CCCCC1)NCC1(O)CCOC1. The van der Waals surface area contributed by atoms with Gasteiger partial charge in [-0.05, 0) is 32.2 Å². The number of likely N-dealkylation sites (tertiary alicyclic amines) is 1. The van der Waals surface area contributed by atoms with Gasteiger partial charge in [-0.3, -0.25) is 4.90 Å². The molecule has 2 aliphatic heterocycles. The van der Waals surface area contributed by atoms with Gasteiger partial charge in [-0.25, -0.2) is 4.79 Å². The zero-order valence-corrected chi connectivity index (χ0v) is 14.1. The smallest absolute Gasteiger partial charge is 0.314 e. The lowest BCUT2D eigenvalue weighted by atomic mass is 9.94. The van der Waals surface area contributed by atoms with Crippen molar-refractivity contribution < 1.29 is 14.6 Å². The van der Waals surface area contributed by atoms with E-state index in [-0.39, 0.29) is 12.6 Å². The average molecular weight is 325 g/mol. The lowest BCUT2D eigenvalue weighted by Gasteiger charge is -2.35. The van der Waals surface area contributed by atoms with Gasteiger partial charge in [-0.1, -0.05) is 19.3 Å². The first-order valence-electron chi connectivity index (χ1n) is 9.24. The number of ether oxygens (including phenoxy) is 1. The van der Waals surface area contributed by atoms with Crippen LogP contribution in [0, 0.1) is 0 Å². The maximum absolute atomic E-state index is 12.0. The molecule has 3 rings (SSSR count). The maximum atomic E-state index is 12.0. The molecule has 2 atom stereocenters. The van der Waals surface area contributed by atoms with E-state index in [9.17, 15) is 9.90 Å². The highest BCUT2D eigenvalue weighted by molar-refractivity contribution is 5.73. The maximum Gasteiger partial charge on any atom is 0.314 e. The number of hydrogen-bond acceptors (Lipinski definition) is 4. The van der Waals surface area contributed by atoms with Crippen LogP contribution in [0.25, 0.3) is 0 Å². The summed E-state index contributed by atoms with van der Waals surface area (Å²) in [6, 6.07) is 1.01. The van der Waals surface area contributed by atoms with Crippen molar-refractivity contribution in [3.63, 3.8) is 0 Å². The third-order valence-electron chi connectivity index (χ3n) is 5.63. The lowest BCUT2D eigenvalue weighted by Crippen LogP contribution is -2.50. The number of urea groups is 1. The fourth-order valence-electron chi connectivity index (χ4n) is 4.22. The molecule has 2 heterocycles. The fraction of sp³-hybridized carbons (Fsp3) is 0.941. The van der Waals surface area contributed by atoms with Crippen molar-refractivity contribution in [2.45, 2.75) is 69.1 Å². The molecule has 2 unspecified atom stereocenters. The summed E-state index contributed by atoms with van der Waals surface area (Å²) in [7, 11) is 0. The van der Waals surface area contributed by atoms with Crippen LogP contribution in [0.5, 0.6) is 0 Å². The largest absolute Gasteiger partial charge is 0.386 e. The summed E-state index contributed by atoms with van der Waals surface area (Å²) >= 11 is 0. The highest BCUT2D eigenvalue weighted by atomic mass is 16.5. The van der Waals surface area contributed by atoms with Crippen LogP contribution >= 0.6 is 0 Å². The Morgan fingerprint density at radius 2 is 2.00 bits per heavy atom. The fourth-order valence-corrected chi connectivity index (χ4v) is 4.22. The molecule has 1 aliphatic carbocycles. The van der Waals surface area contributed by atoms with Gasteiger partial charge < -0.3 is 20.5 Å². The van der Waals surface area contributed by atoms with Crippen LogP contribution in [-0.2, 0) is 4.74 Å². The van der Waals surface area contributed by atoms with Gasteiger partial charge in [-0.15, -0.1) is 0 Å². The highest BCUT2D eigenvalue weighted by Gasteiger charge is 2.33. The van der Waals surface area contributed by atoms with Gasteiger partial charge in [0.25, 0.3) is 0 Å². The number of carbonyl (C=O) groups is 1. The number of nitrogens with one attached hydrogen (secondary N) is 2. The van der Waals surface area contributed by atoms with Gasteiger partial charge in [0.2, 0.25) is 0 Å². The molecule has 0 radical (unpaired) electrons. The van der Waals surface area contributed by atoms with E-state index in [2.05, 4.69) is 15.5 Å². The Bertz CT molecular complexity index is 393. The first-order chi connectivity index (χ1) is 11.2. The Hall–Kier alpha value is -0.850. The summed E-state index contributed by atoms with van der Waals surface area (Å²) in [6.45, 7) is 3.02. The normalized spacial score (nSPS) is 33.0. The van der Waals surface area contributed by atoms with Crippen molar-refractivity contribution in [3.8, 4) is 0 Å². The summed E-state index contributed by atoms with van der Waals surface area (Å²) in [5, 5.41) is 15.9. The molecule has 0 aromatic heterocycles. The molecule has 3 fully saturated rings. The molecule has 1 saturated carbocycles. The van der Waals surface area contributed by atoms with Crippen LogP contribution in [0.4, 0.5) is 4.79 Å². The molecule has 0 aromatic carbocycles. The highest BCUT2D eigenvalue weighted by Crippen LogP contribution is 2.28. The molecule has 0 aromatic rings. The summed E-state index contributed by atoms with van der Waals surface area (Å²) < 4.78 is 5.19. The molecule has 6 nitrogen and oxygen atoms in total. The predicted octanol–water partition coefficient (Wildman–Crippen LogP) is 1.23. The van der Waals surface area contributed by atoms with E-state index < -0.39 is 5.60 Å². The second-order valence-corrected chi connectivity index (χ2v) is 7.42. The van der Waals surface area contributed by atoms with Gasteiger partial charge >= 0.3 is 6.03 Å². The summed E-state index contributed by atoms with van der Waals surface area (Å²) in [5.41, 5.74) is -0.890. The summed E-state index contributed by atoms with van der Waals surface area (Å²) in [6.07, 6.45) is 9.71. The summed E-state index contributed by atoms with van der Waals surface area (Å²) in [4.78, 5) is 14.6. The standard InChI is InChI=1S/C17H31N3O3/c21-16(19-12-17(22)8-10-23-13-17)18-11-15-7-4-9-20(15)14-5-2-1-3-6-14/h14-15,22H,1-13H2,(H2,18,19,21). The predicted molar refractivity (Wildman–Crippen MR) is 88.4 cm³/mol. The quantitative estimate of drug-likeness (QED) is 0.711. The Morgan fingerprint density at radius 3 is 2.74 bits per heavy atom. The van der Waals surface area contributed by atoms with Crippen LogP contribution in [0.15, 0.2) is 0 Å². The van der Waals surface area contributed by atoms with Gasteiger partial charge in [0.05, 0.1) is 13.2 Å². The van der Waals surface area contributed by atoms with Gasteiger partial charge in [0.15, 0.2) is 0 Å². The monoisotopic (exact) mass is 325 g/mol. The summed E-state index contributed by atoms with van der Waals surface area (Å²) in [5.74, 6) is 0. The number of nitrogens with zero attached hydrogens (tertiary/aromatic N) is 1. The van der Waals surface area contributed by atoms with E-state index in [1.807, 2.05) is 0 Å². The van der Waals surface area contributed by atoms with E-state index >= 15 is 0 Å². The molecular weight excluding hydrogens is 294 g/mol. The first-order valence-corrected chi connectivity index (χ1v) is 9.24. The Labute approximate surface area is 138 Å². The first kappa shape index (κ1) is 17.0. The topological polar surface area (TPSA) is 73.8 Å².